The molecule has 0 radical (unpaired) electrons. The highest BCUT2D eigenvalue weighted by Gasteiger charge is 2.03. The zero-order chi connectivity index (χ0) is 12.0. The van der Waals surface area contributed by atoms with Crippen LogP contribution in [0.5, 0.6) is 0 Å². The number of anilines is 1. The van der Waals surface area contributed by atoms with Crippen LogP contribution in [0.2, 0.25) is 0 Å². The third-order valence-corrected chi connectivity index (χ3v) is 2.96. The van der Waals surface area contributed by atoms with E-state index in [0.717, 1.165) is 35.3 Å². The molecule has 0 amide bonds. The summed E-state index contributed by atoms with van der Waals surface area (Å²) in [4.78, 5) is 0.401. The first-order chi connectivity index (χ1) is 7.65. The summed E-state index contributed by atoms with van der Waals surface area (Å²) < 4.78 is 5.88. The number of thiocarbonyl (C=S) groups is 1. The molecule has 1 aromatic rings. The largest absolute Gasteiger partial charge is 0.389 e. The van der Waals surface area contributed by atoms with Crippen LogP contribution in [0, 0.1) is 0 Å². The lowest BCUT2D eigenvalue weighted by atomic mass is 10.2. The van der Waals surface area contributed by atoms with Crippen LogP contribution in [0.3, 0.4) is 0 Å². The average Bonchev–Trinajstić information content (AvgIpc) is 2.24. The maximum absolute atomic E-state index is 5.57. The van der Waals surface area contributed by atoms with Crippen molar-refractivity contribution in [3.05, 3.63) is 28.2 Å². The molecule has 0 atom stereocenters. The molecule has 16 heavy (non-hydrogen) atoms. The molecule has 0 heterocycles. The molecule has 0 aliphatic rings. The number of halogens is 1. The molecular weight excluding hydrogens is 288 g/mol. The number of ether oxygens (including phenoxy) is 1. The monoisotopic (exact) mass is 302 g/mol. The van der Waals surface area contributed by atoms with Crippen LogP contribution in [-0.4, -0.2) is 25.2 Å². The second kappa shape index (κ2) is 6.83. The van der Waals surface area contributed by atoms with Gasteiger partial charge in [0.05, 0.1) is 0 Å². The Morgan fingerprint density at radius 2 is 2.31 bits per heavy atom. The lowest BCUT2D eigenvalue weighted by Crippen LogP contribution is -2.10. The van der Waals surface area contributed by atoms with Gasteiger partial charge in [-0.05, 0) is 40.5 Å². The van der Waals surface area contributed by atoms with Crippen molar-refractivity contribution in [1.82, 2.24) is 0 Å². The van der Waals surface area contributed by atoms with Crippen LogP contribution >= 0.6 is 28.1 Å². The van der Waals surface area contributed by atoms with Gasteiger partial charge in [0.2, 0.25) is 0 Å². The molecule has 88 valence electrons. The highest BCUT2D eigenvalue weighted by Crippen LogP contribution is 2.21. The summed E-state index contributed by atoms with van der Waals surface area (Å²) in [6.45, 7) is 1.64. The Hall–Kier alpha value is -0.650. The molecule has 5 heteroatoms. The minimum atomic E-state index is 0.401. The van der Waals surface area contributed by atoms with Gasteiger partial charge in [-0.25, -0.2) is 0 Å². The van der Waals surface area contributed by atoms with E-state index < -0.39 is 0 Å². The van der Waals surface area contributed by atoms with Crippen molar-refractivity contribution in [3.8, 4) is 0 Å². The predicted molar refractivity (Wildman–Crippen MR) is 75.0 cm³/mol. The van der Waals surface area contributed by atoms with Gasteiger partial charge in [-0.3, -0.25) is 0 Å². The lowest BCUT2D eigenvalue weighted by molar-refractivity contribution is 0.198. The van der Waals surface area contributed by atoms with Gasteiger partial charge < -0.3 is 15.8 Å². The third kappa shape index (κ3) is 4.08. The molecule has 3 N–H and O–H groups in total. The Kier molecular flexibility index (Phi) is 5.73. The maximum atomic E-state index is 5.57. The normalized spacial score (nSPS) is 10.1. The van der Waals surface area contributed by atoms with Gasteiger partial charge in [-0.15, -0.1) is 0 Å². The van der Waals surface area contributed by atoms with E-state index in [1.807, 2.05) is 18.2 Å². The summed E-state index contributed by atoms with van der Waals surface area (Å²) >= 11 is 8.36. The number of hydrogen-bond donors (Lipinski definition) is 2. The summed E-state index contributed by atoms with van der Waals surface area (Å²) in [5.41, 5.74) is 7.47. The molecule has 0 aliphatic heterocycles. The molecule has 1 rings (SSSR count). The van der Waals surface area contributed by atoms with Gasteiger partial charge in [0.25, 0.3) is 0 Å². The summed E-state index contributed by atoms with van der Waals surface area (Å²) in [5.74, 6) is 0. The number of nitrogens with two attached hydrogens (primary N) is 1. The van der Waals surface area contributed by atoms with E-state index in [9.17, 15) is 0 Å². The molecule has 3 nitrogen and oxygen atoms in total. The van der Waals surface area contributed by atoms with Gasteiger partial charge in [0.1, 0.15) is 4.99 Å². The van der Waals surface area contributed by atoms with E-state index in [1.165, 1.54) is 0 Å². The van der Waals surface area contributed by atoms with Crippen molar-refractivity contribution in [2.45, 2.75) is 6.42 Å². The summed E-state index contributed by atoms with van der Waals surface area (Å²) in [5, 5.41) is 3.29. The molecule has 0 aliphatic carbocycles. The quantitative estimate of drug-likeness (QED) is 0.626. The SMILES string of the molecule is COCCCNc1ccc(C(N)=S)c(Br)c1. The molecule has 0 fully saturated rings. The fraction of sp³-hybridized carbons (Fsp3) is 0.364. The van der Waals surface area contributed by atoms with E-state index >= 15 is 0 Å². The fourth-order valence-corrected chi connectivity index (χ4v) is 2.18. The van der Waals surface area contributed by atoms with Crippen molar-refractivity contribution < 1.29 is 4.74 Å². The van der Waals surface area contributed by atoms with Gasteiger partial charge in [-0.1, -0.05) is 12.2 Å². The van der Waals surface area contributed by atoms with Crippen LogP contribution in [0.4, 0.5) is 5.69 Å². The zero-order valence-electron chi connectivity index (χ0n) is 9.13. The Bertz CT molecular complexity index is 371. The van der Waals surface area contributed by atoms with E-state index in [4.69, 9.17) is 22.7 Å². The van der Waals surface area contributed by atoms with E-state index in [2.05, 4.69) is 21.2 Å². The van der Waals surface area contributed by atoms with Crippen LogP contribution in [-0.2, 0) is 4.74 Å². The number of methoxy groups -OCH3 is 1. The molecule has 0 bridgehead atoms. The Morgan fingerprint density at radius 1 is 1.56 bits per heavy atom. The van der Waals surface area contributed by atoms with Crippen LogP contribution < -0.4 is 11.1 Å². The standard InChI is InChI=1S/C11H15BrN2OS/c1-15-6-2-5-14-8-3-4-9(11(13)16)10(12)7-8/h3-4,7,14H,2,5-6H2,1H3,(H2,13,16). The smallest absolute Gasteiger partial charge is 0.105 e. The number of nitrogens with one attached hydrogen (secondary N) is 1. The molecule has 0 aromatic heterocycles. The summed E-state index contributed by atoms with van der Waals surface area (Å²) in [6, 6.07) is 5.85. The second-order valence-corrected chi connectivity index (χ2v) is 4.63. The molecular formula is C11H15BrN2OS. The topological polar surface area (TPSA) is 47.3 Å². The van der Waals surface area contributed by atoms with Crippen molar-refractivity contribution in [2.75, 3.05) is 25.6 Å². The fourth-order valence-electron chi connectivity index (χ4n) is 1.27. The van der Waals surface area contributed by atoms with Gasteiger partial charge in [0, 0.05) is 36.0 Å². The first-order valence-corrected chi connectivity index (χ1v) is 6.17. The maximum Gasteiger partial charge on any atom is 0.105 e. The van der Waals surface area contributed by atoms with Crippen molar-refractivity contribution >= 4 is 38.8 Å². The van der Waals surface area contributed by atoms with Gasteiger partial charge in [0.15, 0.2) is 0 Å². The third-order valence-electron chi connectivity index (χ3n) is 2.09. The lowest BCUT2D eigenvalue weighted by Gasteiger charge is -2.08. The molecule has 0 saturated heterocycles. The average molecular weight is 303 g/mol. The first-order valence-electron chi connectivity index (χ1n) is 4.97. The minimum Gasteiger partial charge on any atom is -0.389 e. The molecule has 0 unspecified atom stereocenters. The van der Waals surface area contributed by atoms with Crippen LogP contribution in [0.15, 0.2) is 22.7 Å². The first kappa shape index (κ1) is 13.4. The minimum absolute atomic E-state index is 0.401. The van der Waals surface area contributed by atoms with Crippen LogP contribution in [0.25, 0.3) is 0 Å². The number of rotatable bonds is 6. The zero-order valence-corrected chi connectivity index (χ0v) is 11.5. The van der Waals surface area contributed by atoms with Gasteiger partial charge >= 0.3 is 0 Å². The van der Waals surface area contributed by atoms with Crippen molar-refractivity contribution in [3.63, 3.8) is 0 Å². The van der Waals surface area contributed by atoms with E-state index in [-0.39, 0.29) is 0 Å². The Labute approximate surface area is 109 Å². The number of benzene rings is 1. The van der Waals surface area contributed by atoms with E-state index in [1.54, 1.807) is 7.11 Å². The highest BCUT2D eigenvalue weighted by atomic mass is 79.9. The molecule has 0 saturated carbocycles. The summed E-state index contributed by atoms with van der Waals surface area (Å²) in [7, 11) is 1.70. The van der Waals surface area contributed by atoms with Crippen molar-refractivity contribution in [2.24, 2.45) is 5.73 Å². The van der Waals surface area contributed by atoms with Crippen LogP contribution in [0.1, 0.15) is 12.0 Å². The second-order valence-electron chi connectivity index (χ2n) is 3.33. The van der Waals surface area contributed by atoms with Gasteiger partial charge in [-0.2, -0.15) is 0 Å². The highest BCUT2D eigenvalue weighted by molar-refractivity contribution is 9.10. The predicted octanol–water partition coefficient (Wildman–Crippen LogP) is 2.53. The Morgan fingerprint density at radius 3 is 2.88 bits per heavy atom. The summed E-state index contributed by atoms with van der Waals surface area (Å²) in [6.07, 6.45) is 0.977. The molecule has 1 aromatic carbocycles. The van der Waals surface area contributed by atoms with E-state index in [0.29, 0.717) is 4.99 Å². The number of hydrogen-bond acceptors (Lipinski definition) is 3. The molecule has 0 spiro atoms. The van der Waals surface area contributed by atoms with Crippen molar-refractivity contribution in [1.29, 1.82) is 0 Å². The Balaban J connectivity index is 2.56.